The molecule has 0 fully saturated rings. The highest BCUT2D eigenvalue weighted by atomic mass is 35.5. The molecular weight excluding hydrogens is 637 g/mol. The van der Waals surface area contributed by atoms with Gasteiger partial charge in [-0.05, 0) is 48.4 Å². The number of benzene rings is 3. The lowest BCUT2D eigenvalue weighted by atomic mass is 10.1. The second-order valence-electron chi connectivity index (χ2n) is 10.3. The van der Waals surface area contributed by atoms with Crippen LogP contribution in [0, 0.1) is 6.92 Å². The number of methoxy groups -OCH3 is 1. The van der Waals surface area contributed by atoms with Gasteiger partial charge in [0.05, 0.1) is 53.5 Å². The molecule has 0 aliphatic carbocycles. The highest BCUT2D eigenvalue weighted by Gasteiger charge is 2.26. The first-order valence-corrected chi connectivity index (χ1v) is 14.7. The van der Waals surface area contributed by atoms with Crippen LogP contribution in [0.5, 0.6) is 5.75 Å². The van der Waals surface area contributed by atoms with Crippen LogP contribution in [-0.4, -0.2) is 59.0 Å². The number of carbonyl (C=O) groups excluding carboxylic acids is 3. The summed E-state index contributed by atoms with van der Waals surface area (Å²) in [6.45, 7) is 1.97. The van der Waals surface area contributed by atoms with Crippen molar-refractivity contribution in [2.75, 3.05) is 24.8 Å². The van der Waals surface area contributed by atoms with Crippen molar-refractivity contribution < 1.29 is 33.4 Å². The number of hydrogen-bond donors (Lipinski definition) is 4. The first kappa shape index (κ1) is 33.8. The summed E-state index contributed by atoms with van der Waals surface area (Å²) >= 11 is 12.1. The molecule has 0 aliphatic heterocycles. The molecule has 1 unspecified atom stereocenters. The summed E-state index contributed by atoms with van der Waals surface area (Å²) in [6, 6.07) is 15.1. The molecule has 1 heterocycles. The average molecular weight is 669 g/mol. The first-order chi connectivity index (χ1) is 21.9. The largest absolute Gasteiger partial charge is 0.495 e. The third-order valence-corrected chi connectivity index (χ3v) is 7.49. The fraction of sp³-hybridized carbons (Fsp3) is 0.219. The highest BCUT2D eigenvalue weighted by Crippen LogP contribution is 2.27. The maximum atomic E-state index is 13.0. The molecule has 4 N–H and O–H groups in total. The van der Waals surface area contributed by atoms with Crippen LogP contribution in [0.4, 0.5) is 16.2 Å². The van der Waals surface area contributed by atoms with Crippen LogP contribution in [0.25, 0.3) is 0 Å². The smallest absolute Gasteiger partial charge is 0.326 e. The second-order valence-corrected chi connectivity index (χ2v) is 11.1. The number of nitrogens with one attached hydrogen (secondary N) is 3. The number of carbonyl (C=O) groups is 4. The number of ether oxygens (including phenoxy) is 1. The molecule has 0 aliphatic rings. The van der Waals surface area contributed by atoms with E-state index < -0.39 is 23.9 Å². The van der Waals surface area contributed by atoms with E-state index in [0.717, 1.165) is 5.56 Å². The van der Waals surface area contributed by atoms with Crippen molar-refractivity contribution in [2.45, 2.75) is 32.4 Å². The SMILES string of the molecule is COc1cc(CC(=O)N(C)Cc2coc(CC(NC(=O)c3c(Cl)cccc3Cl)C(=O)O)n2)ccc1NC(=O)Nc1ccccc1C. The molecule has 4 aromatic rings. The Morgan fingerprint density at radius 2 is 1.70 bits per heavy atom. The molecule has 4 amide bonds. The fourth-order valence-electron chi connectivity index (χ4n) is 4.41. The molecule has 0 saturated heterocycles. The van der Waals surface area contributed by atoms with Crippen molar-refractivity contribution in [3.05, 3.63) is 105 Å². The molecule has 240 valence electrons. The molecule has 3 aromatic carbocycles. The number of aryl methyl sites for hydroxylation is 1. The number of urea groups is 1. The summed E-state index contributed by atoms with van der Waals surface area (Å²) in [4.78, 5) is 55.8. The number of carboxylic acid groups (broad SMARTS) is 1. The Kier molecular flexibility index (Phi) is 11.2. The zero-order valence-electron chi connectivity index (χ0n) is 25.1. The minimum atomic E-state index is -1.38. The third-order valence-electron chi connectivity index (χ3n) is 6.86. The molecule has 14 heteroatoms. The Hall–Kier alpha value is -5.07. The lowest BCUT2D eigenvalue weighted by Gasteiger charge is -2.17. The maximum Gasteiger partial charge on any atom is 0.326 e. The van der Waals surface area contributed by atoms with Gasteiger partial charge in [0.25, 0.3) is 5.91 Å². The van der Waals surface area contributed by atoms with Gasteiger partial charge < -0.3 is 35.1 Å². The van der Waals surface area contributed by atoms with E-state index >= 15 is 0 Å². The molecule has 1 atom stereocenters. The number of likely N-dealkylation sites (N-methyl/N-ethyl adjacent to an activating group) is 1. The fourth-order valence-corrected chi connectivity index (χ4v) is 4.98. The van der Waals surface area contributed by atoms with Gasteiger partial charge in [0, 0.05) is 12.7 Å². The summed E-state index contributed by atoms with van der Waals surface area (Å²) in [6.07, 6.45) is 1.09. The Labute approximate surface area is 274 Å². The van der Waals surface area contributed by atoms with Crippen LogP contribution < -0.4 is 20.7 Å². The van der Waals surface area contributed by atoms with Crippen molar-refractivity contribution in [2.24, 2.45) is 0 Å². The zero-order chi connectivity index (χ0) is 33.4. The number of halogens is 2. The first-order valence-electron chi connectivity index (χ1n) is 13.9. The van der Waals surface area contributed by atoms with E-state index in [4.69, 9.17) is 32.4 Å². The predicted octanol–water partition coefficient (Wildman–Crippen LogP) is 5.57. The minimum Gasteiger partial charge on any atom is -0.495 e. The highest BCUT2D eigenvalue weighted by molar-refractivity contribution is 6.39. The van der Waals surface area contributed by atoms with Gasteiger partial charge in [-0.1, -0.05) is 53.5 Å². The lowest BCUT2D eigenvalue weighted by molar-refractivity contribution is -0.139. The summed E-state index contributed by atoms with van der Waals surface area (Å²) in [5.74, 6) is -1.88. The zero-order valence-corrected chi connectivity index (χ0v) is 26.6. The van der Waals surface area contributed by atoms with E-state index in [1.807, 2.05) is 25.1 Å². The molecule has 1 aromatic heterocycles. The van der Waals surface area contributed by atoms with Crippen molar-refractivity contribution in [3.63, 3.8) is 0 Å². The van der Waals surface area contributed by atoms with E-state index in [0.29, 0.717) is 28.4 Å². The second kappa shape index (κ2) is 15.3. The molecular formula is C32H31Cl2N5O7. The minimum absolute atomic E-state index is 0.0327. The lowest BCUT2D eigenvalue weighted by Crippen LogP contribution is -2.42. The van der Waals surface area contributed by atoms with Crippen LogP contribution in [0.15, 0.2) is 71.3 Å². The Balaban J connectivity index is 1.33. The molecule has 46 heavy (non-hydrogen) atoms. The van der Waals surface area contributed by atoms with Gasteiger partial charge in [0.2, 0.25) is 5.91 Å². The summed E-state index contributed by atoms with van der Waals surface area (Å²) in [5.41, 5.74) is 3.01. The Morgan fingerprint density at radius 3 is 2.37 bits per heavy atom. The van der Waals surface area contributed by atoms with Crippen molar-refractivity contribution in [3.8, 4) is 5.75 Å². The van der Waals surface area contributed by atoms with Gasteiger partial charge in [-0.15, -0.1) is 0 Å². The van der Waals surface area contributed by atoms with E-state index in [1.165, 1.54) is 30.4 Å². The van der Waals surface area contributed by atoms with E-state index in [2.05, 4.69) is 20.9 Å². The number of para-hydroxylation sites is 1. The van der Waals surface area contributed by atoms with Gasteiger partial charge in [-0.3, -0.25) is 9.59 Å². The molecule has 0 bridgehead atoms. The van der Waals surface area contributed by atoms with Gasteiger partial charge in [-0.2, -0.15) is 0 Å². The predicted molar refractivity (Wildman–Crippen MR) is 173 cm³/mol. The Morgan fingerprint density at radius 1 is 1.00 bits per heavy atom. The summed E-state index contributed by atoms with van der Waals surface area (Å²) in [7, 11) is 3.05. The van der Waals surface area contributed by atoms with Crippen LogP contribution >= 0.6 is 23.2 Å². The number of nitrogens with zero attached hydrogens (tertiary/aromatic N) is 2. The van der Waals surface area contributed by atoms with Gasteiger partial charge >= 0.3 is 12.0 Å². The average Bonchev–Trinajstić information content (AvgIpc) is 3.45. The molecule has 0 radical (unpaired) electrons. The number of amides is 4. The molecule has 0 saturated carbocycles. The van der Waals surface area contributed by atoms with Crippen molar-refractivity contribution in [1.29, 1.82) is 0 Å². The van der Waals surface area contributed by atoms with Gasteiger partial charge in [0.15, 0.2) is 5.89 Å². The van der Waals surface area contributed by atoms with E-state index in [1.54, 1.807) is 37.4 Å². The maximum absolute atomic E-state index is 13.0. The molecule has 12 nitrogen and oxygen atoms in total. The van der Waals surface area contributed by atoms with Gasteiger partial charge in [0.1, 0.15) is 18.1 Å². The molecule has 4 rings (SSSR count). The van der Waals surface area contributed by atoms with Crippen LogP contribution in [0.2, 0.25) is 10.0 Å². The van der Waals surface area contributed by atoms with Crippen LogP contribution in [-0.2, 0) is 29.0 Å². The molecule has 0 spiro atoms. The number of rotatable bonds is 12. The van der Waals surface area contributed by atoms with E-state index in [-0.39, 0.29) is 46.8 Å². The number of aliphatic carboxylic acids is 1. The summed E-state index contributed by atoms with van der Waals surface area (Å²) < 4.78 is 10.9. The third kappa shape index (κ3) is 8.77. The number of carboxylic acids is 1. The van der Waals surface area contributed by atoms with Gasteiger partial charge in [-0.25, -0.2) is 14.6 Å². The monoisotopic (exact) mass is 667 g/mol. The van der Waals surface area contributed by atoms with E-state index in [9.17, 15) is 24.3 Å². The standard InChI is InChI=1S/C32H31Cl2N5O7/c1-18-7-4-5-10-23(18)37-32(44)38-24-12-11-19(13-26(24)45-3)14-28(40)39(2)16-20-17-46-27(35-20)15-25(31(42)43)36-30(41)29-21(33)8-6-9-22(29)34/h4-13,17,25H,14-16H2,1-3H3,(H,36,41)(H,42,43)(H2,37,38,44). The number of oxazole rings is 1. The summed E-state index contributed by atoms with van der Waals surface area (Å²) in [5, 5.41) is 17.8. The van der Waals surface area contributed by atoms with Crippen molar-refractivity contribution in [1.82, 2.24) is 15.2 Å². The number of anilines is 2. The number of hydrogen-bond acceptors (Lipinski definition) is 7. The Bertz CT molecular complexity index is 1740. The van der Waals surface area contributed by atoms with Crippen LogP contribution in [0.1, 0.15) is 33.1 Å². The topological polar surface area (TPSA) is 163 Å². The quantitative estimate of drug-likeness (QED) is 0.152. The number of aromatic nitrogens is 1. The normalized spacial score (nSPS) is 11.3. The van der Waals surface area contributed by atoms with Crippen molar-refractivity contribution >= 4 is 58.4 Å². The van der Waals surface area contributed by atoms with Crippen LogP contribution in [0.3, 0.4) is 0 Å².